The molecule has 0 aromatic heterocycles. The van der Waals surface area contributed by atoms with Crippen LogP contribution in [0.15, 0.2) is 0 Å². The van der Waals surface area contributed by atoms with Crippen LogP contribution < -0.4 is 5.32 Å². The topological polar surface area (TPSA) is 69.6 Å². The van der Waals surface area contributed by atoms with Gasteiger partial charge in [-0.1, -0.05) is 0 Å². The van der Waals surface area contributed by atoms with E-state index < -0.39 is 5.60 Å². The lowest BCUT2D eigenvalue weighted by Gasteiger charge is -2.17. The maximum absolute atomic E-state index is 11.1. The van der Waals surface area contributed by atoms with E-state index in [0.717, 1.165) is 0 Å². The smallest absolute Gasteiger partial charge is 0.220 e. The van der Waals surface area contributed by atoms with E-state index in [9.17, 15) is 9.90 Å². The van der Waals surface area contributed by atoms with Gasteiger partial charge in [0, 0.05) is 19.6 Å². The number of hydrogen-bond acceptors (Lipinski definition) is 3. The van der Waals surface area contributed by atoms with E-state index in [-0.39, 0.29) is 19.1 Å². The summed E-state index contributed by atoms with van der Waals surface area (Å²) in [6.07, 6.45) is 1.75. The molecule has 0 bridgehead atoms. The molecule has 4 nitrogen and oxygen atoms in total. The van der Waals surface area contributed by atoms with Gasteiger partial charge < -0.3 is 15.5 Å². The van der Waals surface area contributed by atoms with Crippen LogP contribution in [-0.4, -0.2) is 34.9 Å². The number of unbranched alkanes of at least 4 members (excludes halogenated alkanes) is 1. The molecule has 13 heavy (non-hydrogen) atoms. The zero-order valence-electron chi connectivity index (χ0n) is 8.34. The van der Waals surface area contributed by atoms with Crippen molar-refractivity contribution in [3.8, 4) is 0 Å². The van der Waals surface area contributed by atoms with Crippen molar-refractivity contribution in [2.24, 2.45) is 0 Å². The molecule has 0 aliphatic heterocycles. The van der Waals surface area contributed by atoms with Crippen molar-refractivity contribution in [1.29, 1.82) is 0 Å². The summed E-state index contributed by atoms with van der Waals surface area (Å²) in [5.74, 6) is -0.0735. The molecule has 0 saturated heterocycles. The van der Waals surface area contributed by atoms with Gasteiger partial charge in [0.15, 0.2) is 0 Å². The van der Waals surface area contributed by atoms with Crippen molar-refractivity contribution < 1.29 is 15.0 Å². The third-order valence-corrected chi connectivity index (χ3v) is 1.53. The van der Waals surface area contributed by atoms with Gasteiger partial charge in [0.2, 0.25) is 5.91 Å². The lowest BCUT2D eigenvalue weighted by Crippen LogP contribution is -2.38. The van der Waals surface area contributed by atoms with Crippen LogP contribution in [0.4, 0.5) is 0 Å². The van der Waals surface area contributed by atoms with Crippen LogP contribution in [-0.2, 0) is 4.79 Å². The first-order valence-electron chi connectivity index (χ1n) is 4.55. The molecule has 1 amide bonds. The molecular formula is C9H19NO3. The molecule has 0 saturated carbocycles. The lowest BCUT2D eigenvalue weighted by atomic mass is 10.1. The number of nitrogens with one attached hydrogen (secondary N) is 1. The van der Waals surface area contributed by atoms with Gasteiger partial charge in [0.1, 0.15) is 0 Å². The van der Waals surface area contributed by atoms with Crippen molar-refractivity contribution in [2.75, 3.05) is 13.2 Å². The van der Waals surface area contributed by atoms with Crippen LogP contribution in [0, 0.1) is 0 Å². The predicted molar refractivity (Wildman–Crippen MR) is 50.2 cm³/mol. The van der Waals surface area contributed by atoms with Crippen LogP contribution in [0.1, 0.15) is 33.1 Å². The van der Waals surface area contributed by atoms with E-state index in [1.54, 1.807) is 13.8 Å². The molecule has 0 atom stereocenters. The van der Waals surface area contributed by atoms with E-state index in [0.29, 0.717) is 19.3 Å². The van der Waals surface area contributed by atoms with Gasteiger partial charge in [-0.2, -0.15) is 0 Å². The fourth-order valence-electron chi connectivity index (χ4n) is 0.801. The molecule has 0 unspecified atom stereocenters. The molecule has 0 aromatic carbocycles. The van der Waals surface area contributed by atoms with Crippen molar-refractivity contribution in [3.05, 3.63) is 0 Å². The van der Waals surface area contributed by atoms with Crippen molar-refractivity contribution in [3.63, 3.8) is 0 Å². The molecule has 78 valence electrons. The lowest BCUT2D eigenvalue weighted by molar-refractivity contribution is -0.122. The summed E-state index contributed by atoms with van der Waals surface area (Å²) in [5, 5.41) is 20.4. The maximum atomic E-state index is 11.1. The highest BCUT2D eigenvalue weighted by atomic mass is 16.3. The molecular weight excluding hydrogens is 170 g/mol. The van der Waals surface area contributed by atoms with Gasteiger partial charge in [-0.3, -0.25) is 4.79 Å². The Labute approximate surface area is 79.0 Å². The summed E-state index contributed by atoms with van der Waals surface area (Å²) in [7, 11) is 0. The number of carbonyl (C=O) groups is 1. The Kier molecular flexibility index (Phi) is 5.66. The second kappa shape index (κ2) is 5.94. The average Bonchev–Trinajstić information content (AvgIpc) is 2.00. The summed E-state index contributed by atoms with van der Waals surface area (Å²) in [4.78, 5) is 11.1. The Bertz CT molecular complexity index is 151. The highest BCUT2D eigenvalue weighted by Crippen LogP contribution is 1.99. The van der Waals surface area contributed by atoms with Gasteiger partial charge >= 0.3 is 0 Å². The number of aliphatic hydroxyl groups excluding tert-OH is 1. The number of hydrogen-bond donors (Lipinski definition) is 3. The Hall–Kier alpha value is -0.610. The summed E-state index contributed by atoms with van der Waals surface area (Å²) >= 11 is 0. The largest absolute Gasteiger partial charge is 0.396 e. The van der Waals surface area contributed by atoms with Gasteiger partial charge in [0.25, 0.3) is 0 Å². The third kappa shape index (κ3) is 9.30. The summed E-state index contributed by atoms with van der Waals surface area (Å²) < 4.78 is 0. The zero-order valence-corrected chi connectivity index (χ0v) is 8.34. The Morgan fingerprint density at radius 2 is 2.00 bits per heavy atom. The van der Waals surface area contributed by atoms with Crippen LogP contribution in [0.3, 0.4) is 0 Å². The predicted octanol–water partition coefficient (Wildman–Crippen LogP) is 0.0361. The molecule has 0 aliphatic rings. The fraction of sp³-hybridized carbons (Fsp3) is 0.889. The summed E-state index contributed by atoms with van der Waals surface area (Å²) in [6.45, 7) is 3.67. The Morgan fingerprint density at radius 1 is 1.38 bits per heavy atom. The molecule has 0 aromatic rings. The van der Waals surface area contributed by atoms with E-state index in [1.165, 1.54) is 0 Å². The van der Waals surface area contributed by atoms with Crippen LogP contribution in [0.5, 0.6) is 0 Å². The van der Waals surface area contributed by atoms with E-state index in [1.807, 2.05) is 0 Å². The zero-order chi connectivity index (χ0) is 10.3. The molecule has 4 heteroatoms. The summed E-state index contributed by atoms with van der Waals surface area (Å²) in [5.41, 5.74) is -0.855. The number of carbonyl (C=O) groups excluding carboxylic acids is 1. The highest BCUT2D eigenvalue weighted by molar-refractivity contribution is 5.75. The Balaban J connectivity index is 3.41. The molecule has 3 N–H and O–H groups in total. The summed E-state index contributed by atoms with van der Waals surface area (Å²) in [6, 6.07) is 0. The second-order valence-electron chi connectivity index (χ2n) is 3.77. The van der Waals surface area contributed by atoms with Crippen molar-refractivity contribution in [2.45, 2.75) is 38.7 Å². The molecule has 0 heterocycles. The molecule has 0 fully saturated rings. The third-order valence-electron chi connectivity index (χ3n) is 1.53. The monoisotopic (exact) mass is 189 g/mol. The van der Waals surface area contributed by atoms with E-state index >= 15 is 0 Å². The van der Waals surface area contributed by atoms with E-state index in [2.05, 4.69) is 5.32 Å². The van der Waals surface area contributed by atoms with Crippen molar-refractivity contribution >= 4 is 5.91 Å². The first-order chi connectivity index (χ1) is 5.95. The van der Waals surface area contributed by atoms with Crippen LogP contribution in [0.2, 0.25) is 0 Å². The molecule has 0 aliphatic carbocycles. The molecule has 0 spiro atoms. The van der Waals surface area contributed by atoms with Crippen LogP contribution in [0.25, 0.3) is 0 Å². The Morgan fingerprint density at radius 3 is 2.46 bits per heavy atom. The van der Waals surface area contributed by atoms with Gasteiger partial charge in [0.05, 0.1) is 5.60 Å². The fourth-order valence-corrected chi connectivity index (χ4v) is 0.801. The van der Waals surface area contributed by atoms with Crippen LogP contribution >= 0.6 is 0 Å². The highest BCUT2D eigenvalue weighted by Gasteiger charge is 2.13. The normalized spacial score (nSPS) is 11.4. The standard InChI is InChI=1S/C9H19NO3/c1-9(2,13)7-10-8(12)5-3-4-6-11/h11,13H,3-7H2,1-2H3,(H,10,12). The average molecular weight is 189 g/mol. The second-order valence-corrected chi connectivity index (χ2v) is 3.77. The first-order valence-corrected chi connectivity index (χ1v) is 4.55. The number of rotatable bonds is 6. The number of amides is 1. The quantitative estimate of drug-likeness (QED) is 0.516. The molecule has 0 rings (SSSR count). The minimum Gasteiger partial charge on any atom is -0.396 e. The first kappa shape index (κ1) is 12.4. The van der Waals surface area contributed by atoms with Gasteiger partial charge in [-0.05, 0) is 26.7 Å². The minimum absolute atomic E-state index is 0.0735. The number of aliphatic hydroxyl groups is 2. The van der Waals surface area contributed by atoms with Crippen molar-refractivity contribution in [1.82, 2.24) is 5.32 Å². The molecule has 0 radical (unpaired) electrons. The van der Waals surface area contributed by atoms with E-state index in [4.69, 9.17) is 5.11 Å². The van der Waals surface area contributed by atoms with Gasteiger partial charge in [-0.25, -0.2) is 0 Å². The maximum Gasteiger partial charge on any atom is 0.220 e. The minimum atomic E-state index is -0.855. The van der Waals surface area contributed by atoms with Gasteiger partial charge in [-0.15, -0.1) is 0 Å². The SMILES string of the molecule is CC(C)(O)CNC(=O)CCCCO.